The Morgan fingerprint density at radius 2 is 2.00 bits per heavy atom. The molecule has 0 fully saturated rings. The molecular formula is C14H9N5O2. The molecule has 0 atom stereocenters. The van der Waals surface area contributed by atoms with E-state index >= 15 is 0 Å². The van der Waals surface area contributed by atoms with Gasteiger partial charge in [-0.25, -0.2) is 5.10 Å². The normalized spacial score (nSPS) is 11.0. The van der Waals surface area contributed by atoms with Crippen molar-refractivity contribution in [1.29, 1.82) is 0 Å². The van der Waals surface area contributed by atoms with Crippen LogP contribution in [0.2, 0.25) is 0 Å². The van der Waals surface area contributed by atoms with Crippen LogP contribution in [0.3, 0.4) is 0 Å². The molecule has 21 heavy (non-hydrogen) atoms. The van der Waals surface area contributed by atoms with Crippen LogP contribution in [0.1, 0.15) is 0 Å². The highest BCUT2D eigenvalue weighted by Gasteiger charge is 2.11. The van der Waals surface area contributed by atoms with E-state index in [0.717, 1.165) is 11.0 Å². The topological polar surface area (TPSA) is 100 Å². The number of hydrogen-bond donors (Lipinski definition) is 2. The largest absolute Gasteiger partial charge is 0.455 e. The van der Waals surface area contributed by atoms with Gasteiger partial charge >= 0.3 is 0 Å². The van der Waals surface area contributed by atoms with E-state index in [0.29, 0.717) is 22.8 Å². The second-order valence-corrected chi connectivity index (χ2v) is 4.51. The first-order valence-electron chi connectivity index (χ1n) is 6.27. The second kappa shape index (κ2) is 4.41. The zero-order chi connectivity index (χ0) is 14.2. The molecule has 4 rings (SSSR count). The molecule has 0 aliphatic carbocycles. The van der Waals surface area contributed by atoms with Gasteiger partial charge < -0.3 is 9.40 Å². The molecule has 0 bridgehead atoms. The molecular weight excluding hydrogens is 270 g/mol. The van der Waals surface area contributed by atoms with Crippen LogP contribution < -0.4 is 5.56 Å². The van der Waals surface area contributed by atoms with E-state index in [2.05, 4.69) is 25.6 Å². The molecule has 2 N–H and O–H groups in total. The number of aromatic nitrogens is 5. The molecule has 0 unspecified atom stereocenters. The van der Waals surface area contributed by atoms with Crippen LogP contribution in [0, 0.1) is 0 Å². The summed E-state index contributed by atoms with van der Waals surface area (Å²) in [5.41, 5.74) is 1.47. The maximum Gasteiger partial charge on any atom is 0.259 e. The third kappa shape index (κ3) is 1.91. The molecule has 0 saturated carbocycles. The van der Waals surface area contributed by atoms with Gasteiger partial charge in [-0.3, -0.25) is 4.79 Å². The van der Waals surface area contributed by atoms with Gasteiger partial charge in [0.05, 0.1) is 11.3 Å². The van der Waals surface area contributed by atoms with E-state index in [1.54, 1.807) is 12.1 Å². The number of aromatic amines is 2. The van der Waals surface area contributed by atoms with Crippen LogP contribution in [0.25, 0.3) is 33.8 Å². The van der Waals surface area contributed by atoms with Gasteiger partial charge in [-0.1, -0.05) is 18.2 Å². The molecule has 0 aliphatic rings. The Labute approximate surface area is 117 Å². The van der Waals surface area contributed by atoms with E-state index in [1.807, 2.05) is 30.3 Å². The lowest BCUT2D eigenvalue weighted by molar-refractivity contribution is 0.628. The van der Waals surface area contributed by atoms with Gasteiger partial charge in [0.15, 0.2) is 11.6 Å². The van der Waals surface area contributed by atoms with E-state index in [-0.39, 0.29) is 5.56 Å². The standard InChI is InChI=1S/C14H9N5O2/c20-14-9(13-16-18-19-17-13)5-6-10(15-14)12-7-8-3-1-2-4-11(8)21-12/h1-7H,(H,15,20)(H,16,17,18,19). The van der Waals surface area contributed by atoms with Crippen LogP contribution in [0.15, 0.2) is 51.7 Å². The van der Waals surface area contributed by atoms with Gasteiger partial charge in [-0.2, -0.15) is 0 Å². The molecule has 3 heterocycles. The van der Waals surface area contributed by atoms with Crippen LogP contribution >= 0.6 is 0 Å². The van der Waals surface area contributed by atoms with Gasteiger partial charge in [-0.15, -0.1) is 5.10 Å². The van der Waals surface area contributed by atoms with Crippen molar-refractivity contribution in [2.24, 2.45) is 0 Å². The average Bonchev–Trinajstić information content (AvgIpc) is 3.16. The van der Waals surface area contributed by atoms with Crippen LogP contribution in [0.4, 0.5) is 0 Å². The zero-order valence-corrected chi connectivity index (χ0v) is 10.7. The Bertz CT molecular complexity index is 935. The maximum absolute atomic E-state index is 12.1. The highest BCUT2D eigenvalue weighted by atomic mass is 16.3. The third-order valence-electron chi connectivity index (χ3n) is 3.20. The summed E-state index contributed by atoms with van der Waals surface area (Å²) < 4.78 is 5.72. The number of rotatable bonds is 2. The summed E-state index contributed by atoms with van der Waals surface area (Å²) in [4.78, 5) is 14.9. The number of nitrogens with one attached hydrogen (secondary N) is 2. The Morgan fingerprint density at radius 1 is 1.10 bits per heavy atom. The lowest BCUT2D eigenvalue weighted by Gasteiger charge is -1.98. The van der Waals surface area contributed by atoms with Gasteiger partial charge in [0.25, 0.3) is 5.56 Å². The number of hydrogen-bond acceptors (Lipinski definition) is 5. The van der Waals surface area contributed by atoms with E-state index in [4.69, 9.17) is 4.42 Å². The maximum atomic E-state index is 12.1. The van der Waals surface area contributed by atoms with Crippen molar-refractivity contribution >= 4 is 11.0 Å². The quantitative estimate of drug-likeness (QED) is 0.584. The molecule has 3 aromatic heterocycles. The molecule has 0 aliphatic heterocycles. The van der Waals surface area contributed by atoms with Gasteiger partial charge in [-0.05, 0) is 34.7 Å². The summed E-state index contributed by atoms with van der Waals surface area (Å²) in [6.07, 6.45) is 0. The fourth-order valence-corrected chi connectivity index (χ4v) is 2.19. The minimum Gasteiger partial charge on any atom is -0.455 e. The highest BCUT2D eigenvalue weighted by molar-refractivity contribution is 5.82. The fourth-order valence-electron chi connectivity index (χ4n) is 2.19. The van der Waals surface area contributed by atoms with Crippen molar-refractivity contribution in [1.82, 2.24) is 25.6 Å². The molecule has 0 amide bonds. The fraction of sp³-hybridized carbons (Fsp3) is 0. The van der Waals surface area contributed by atoms with Crippen molar-refractivity contribution in [3.8, 4) is 22.8 Å². The SMILES string of the molecule is O=c1[nH]c(-c2cc3ccccc3o2)ccc1-c1nnn[nH]1. The van der Waals surface area contributed by atoms with E-state index in [9.17, 15) is 4.79 Å². The Kier molecular flexibility index (Phi) is 2.43. The number of benzene rings is 1. The van der Waals surface area contributed by atoms with Gasteiger partial charge in [0.2, 0.25) is 0 Å². The number of fused-ring (bicyclic) bond motifs is 1. The number of tetrazole rings is 1. The van der Waals surface area contributed by atoms with Gasteiger partial charge in [0, 0.05) is 5.39 Å². The van der Waals surface area contributed by atoms with E-state index < -0.39 is 0 Å². The third-order valence-corrected chi connectivity index (χ3v) is 3.20. The molecule has 4 aromatic rings. The van der Waals surface area contributed by atoms with Crippen molar-refractivity contribution in [2.45, 2.75) is 0 Å². The highest BCUT2D eigenvalue weighted by Crippen LogP contribution is 2.26. The predicted molar refractivity (Wildman–Crippen MR) is 75.4 cm³/mol. The first-order valence-corrected chi connectivity index (χ1v) is 6.27. The summed E-state index contributed by atoms with van der Waals surface area (Å²) in [6, 6.07) is 13.0. The van der Waals surface area contributed by atoms with Crippen LogP contribution in [-0.2, 0) is 0 Å². The van der Waals surface area contributed by atoms with Gasteiger partial charge in [0.1, 0.15) is 5.58 Å². The summed E-state index contributed by atoms with van der Waals surface area (Å²) in [5.74, 6) is 0.933. The summed E-state index contributed by atoms with van der Waals surface area (Å²) >= 11 is 0. The second-order valence-electron chi connectivity index (χ2n) is 4.51. The summed E-state index contributed by atoms with van der Waals surface area (Å²) in [6.45, 7) is 0. The predicted octanol–water partition coefficient (Wildman–Crippen LogP) is 1.97. The van der Waals surface area contributed by atoms with Crippen molar-refractivity contribution in [2.75, 3.05) is 0 Å². The molecule has 7 nitrogen and oxygen atoms in total. The smallest absolute Gasteiger partial charge is 0.259 e. The number of pyridine rings is 1. The van der Waals surface area contributed by atoms with Crippen molar-refractivity contribution < 1.29 is 4.42 Å². The molecule has 1 aromatic carbocycles. The van der Waals surface area contributed by atoms with Crippen molar-refractivity contribution in [3.05, 3.63) is 52.8 Å². The number of furan rings is 1. The Hall–Kier alpha value is -3.22. The lowest BCUT2D eigenvalue weighted by Crippen LogP contribution is -2.10. The molecule has 0 spiro atoms. The minimum absolute atomic E-state index is 0.286. The monoisotopic (exact) mass is 279 g/mol. The first-order chi connectivity index (χ1) is 10.3. The van der Waals surface area contributed by atoms with E-state index in [1.165, 1.54) is 0 Å². The Morgan fingerprint density at radius 3 is 2.76 bits per heavy atom. The summed E-state index contributed by atoms with van der Waals surface area (Å²) in [7, 11) is 0. The number of nitrogens with zero attached hydrogens (tertiary/aromatic N) is 3. The molecule has 7 heteroatoms. The molecule has 102 valence electrons. The molecule has 0 radical (unpaired) electrons. The first kappa shape index (κ1) is 11.6. The minimum atomic E-state index is -0.286. The van der Waals surface area contributed by atoms with Crippen LogP contribution in [0.5, 0.6) is 0 Å². The molecule has 0 saturated heterocycles. The van der Waals surface area contributed by atoms with Crippen LogP contribution in [-0.4, -0.2) is 25.6 Å². The Balaban J connectivity index is 1.83. The number of H-pyrrole nitrogens is 2. The van der Waals surface area contributed by atoms with Crippen molar-refractivity contribution in [3.63, 3.8) is 0 Å². The lowest BCUT2D eigenvalue weighted by atomic mass is 10.2. The summed E-state index contributed by atoms with van der Waals surface area (Å²) in [5, 5.41) is 14.2. The zero-order valence-electron chi connectivity index (χ0n) is 10.7. The average molecular weight is 279 g/mol. The number of para-hydroxylation sites is 1.